The van der Waals surface area contributed by atoms with Gasteiger partial charge in [0.1, 0.15) is 0 Å². The molecular weight excluding hydrogens is 707 g/mol. The minimum absolute atomic E-state index is 0. The summed E-state index contributed by atoms with van der Waals surface area (Å²) < 4.78 is 8.39. The van der Waals surface area contributed by atoms with Crippen LogP contribution in [-0.2, 0) is 49.5 Å². The standard InChI is InChI=1S/Cd.Ge.In.O.Pb.Sn.Zn. The van der Waals surface area contributed by atoms with Gasteiger partial charge < -0.3 is 0 Å². The molecule has 0 N–H and O–H groups in total. The van der Waals surface area contributed by atoms with Gasteiger partial charge >= 0.3 is 28.5 Å². The predicted molar refractivity (Wildman–Crippen MR) is 23.7 cm³/mol. The molecule has 0 aliphatic carbocycles. The van der Waals surface area contributed by atoms with Crippen LogP contribution < -0.4 is 0 Å². The van der Waals surface area contributed by atoms with Gasteiger partial charge in [0, 0.05) is 114 Å². The molecule has 0 saturated carbocycles. The molecule has 1 nitrogen and oxygen atoms in total. The van der Waals surface area contributed by atoms with Gasteiger partial charge in [-0.1, -0.05) is 0 Å². The SMILES string of the molecule is [Cd].[Ge].[In].[O]=[Pb].[Sn].[Zn]. The Labute approximate surface area is 139 Å². The molecule has 0 saturated heterocycles. The van der Waals surface area contributed by atoms with Gasteiger partial charge in [-0.05, 0) is 0 Å². The summed E-state index contributed by atoms with van der Waals surface area (Å²) in [5.74, 6) is 0. The van der Waals surface area contributed by atoms with E-state index in [-0.39, 0.29) is 140 Å². The van der Waals surface area contributed by atoms with Crippen LogP contribution in [0, 0.1) is 0 Å². The maximum absolute atomic E-state index is 8.39. The van der Waals surface area contributed by atoms with Crippen LogP contribution in [0.25, 0.3) is 0 Å². The van der Waals surface area contributed by atoms with Crippen molar-refractivity contribution < 1.29 is 49.5 Å². The fourth-order valence-electron chi connectivity index (χ4n) is 0. The Morgan fingerprint density at radius 3 is 1.14 bits per heavy atom. The first-order chi connectivity index (χ1) is 1.00. The maximum atomic E-state index is 8.39. The fourth-order valence-corrected chi connectivity index (χ4v) is 0. The van der Waals surface area contributed by atoms with Gasteiger partial charge in [-0.2, -0.15) is 0 Å². The third-order valence-electron chi connectivity index (χ3n) is 0. The Morgan fingerprint density at radius 2 is 1.14 bits per heavy atom. The molecule has 0 amide bonds. The maximum Gasteiger partial charge on any atom is 0 e. The zero-order valence-electron chi connectivity index (χ0n) is 3.90. The van der Waals surface area contributed by atoms with E-state index < -0.39 is 0 Å². The molecule has 0 fully saturated rings. The topological polar surface area (TPSA) is 17.1 Å². The van der Waals surface area contributed by atoms with Gasteiger partial charge in [-0.25, -0.2) is 0 Å². The minimum Gasteiger partial charge on any atom is 0 e. The van der Waals surface area contributed by atoms with Crippen LogP contribution in [-0.4, -0.2) is 93.1 Å². The summed E-state index contributed by atoms with van der Waals surface area (Å²) in [6.07, 6.45) is 0. The summed E-state index contributed by atoms with van der Waals surface area (Å²) in [6, 6.07) is 0. The summed E-state index contributed by atoms with van der Waals surface area (Å²) in [5, 5.41) is 0. The van der Waals surface area contributed by atoms with Gasteiger partial charge in [0.2, 0.25) is 0 Å². The summed E-state index contributed by atoms with van der Waals surface area (Å²) in [5.41, 5.74) is 0. The van der Waals surface area contributed by atoms with Gasteiger partial charge in [0.05, 0.1) is 0 Å². The quantitative estimate of drug-likeness (QED) is 0.277. The van der Waals surface area contributed by atoms with Gasteiger partial charge in [0.15, 0.2) is 0 Å². The van der Waals surface area contributed by atoms with Crippen molar-refractivity contribution in [3.05, 3.63) is 0 Å². The van der Waals surface area contributed by atoms with Gasteiger partial charge in [-0.3, -0.25) is 0 Å². The Morgan fingerprint density at radius 1 is 1.14 bits per heavy atom. The molecule has 0 spiro atoms. The molecule has 7 heteroatoms. The van der Waals surface area contributed by atoms with Gasteiger partial charge in [0.25, 0.3) is 0 Å². The Bertz CT molecular complexity index is 19.7. The van der Waals surface area contributed by atoms with Crippen LogP contribution in [0.4, 0.5) is 0 Å². The van der Waals surface area contributed by atoms with E-state index >= 15 is 0 Å². The van der Waals surface area contributed by atoms with Crippen molar-refractivity contribution in [3.63, 3.8) is 0 Å². The molecule has 0 atom stereocenters. The summed E-state index contributed by atoms with van der Waals surface area (Å²) in [6.45, 7) is 0. The summed E-state index contributed by atoms with van der Waals surface area (Å²) in [7, 11) is 0. The van der Waals surface area contributed by atoms with E-state index in [9.17, 15) is 0 Å². The third kappa shape index (κ3) is 37.6. The van der Waals surface area contributed by atoms with E-state index in [1.807, 2.05) is 0 Å². The average Bonchev–Trinajstić information content (AvgIpc) is 1.00. The second-order valence-electron chi connectivity index (χ2n) is 0. The van der Waals surface area contributed by atoms with Crippen molar-refractivity contribution in [1.82, 2.24) is 0 Å². The van der Waals surface area contributed by atoms with E-state index in [4.69, 9.17) is 2.69 Å². The van der Waals surface area contributed by atoms with Gasteiger partial charge in [-0.15, -0.1) is 0 Å². The predicted octanol–water partition coefficient (Wildman–Crippen LogP) is -1.65. The van der Waals surface area contributed by atoms with Crippen molar-refractivity contribution >= 4 is 93.1 Å². The summed E-state index contributed by atoms with van der Waals surface area (Å²) >= 11 is 0.0556. The first kappa shape index (κ1) is 42.0. The van der Waals surface area contributed by atoms with E-state index in [1.165, 1.54) is 0 Å². The van der Waals surface area contributed by atoms with Crippen molar-refractivity contribution in [2.75, 3.05) is 0 Å². The molecule has 0 unspecified atom stereocenters. The van der Waals surface area contributed by atoms with E-state index in [1.54, 1.807) is 0 Å². The molecule has 0 rings (SSSR count). The smallest absolute Gasteiger partial charge is 0 e. The third-order valence-corrected chi connectivity index (χ3v) is 0. The van der Waals surface area contributed by atoms with E-state index in [2.05, 4.69) is 0 Å². The Balaban J connectivity index is -0.000000000500. The number of hydrogen-bond donors (Lipinski definition) is 0. The molecule has 0 aromatic rings. The Hall–Kier alpha value is 4.48. The van der Waals surface area contributed by atoms with Crippen LogP contribution in [0.1, 0.15) is 0 Å². The zero-order valence-corrected chi connectivity index (χ0v) is 23.0. The van der Waals surface area contributed by atoms with Crippen LogP contribution in [0.15, 0.2) is 0 Å². The van der Waals surface area contributed by atoms with Crippen molar-refractivity contribution in [3.8, 4) is 0 Å². The Kier molecular flexibility index (Phi) is 282. The minimum atomic E-state index is 0. The first-order valence-electron chi connectivity index (χ1n) is 0.204. The van der Waals surface area contributed by atoms with E-state index in [0.717, 1.165) is 0 Å². The summed E-state index contributed by atoms with van der Waals surface area (Å²) in [4.78, 5) is 0. The number of rotatable bonds is 0. The first-order valence-corrected chi connectivity index (χ1v) is 1.79. The zero-order chi connectivity index (χ0) is 2.00. The largest absolute Gasteiger partial charge is 0 e. The molecule has 7 heavy (non-hydrogen) atoms. The molecule has 0 aromatic carbocycles. The second-order valence-corrected chi connectivity index (χ2v) is 0. The second kappa shape index (κ2) is 46.9. The van der Waals surface area contributed by atoms with Crippen LogP contribution in [0.5, 0.6) is 0 Å². The molecule has 13 radical (unpaired) electrons. The van der Waals surface area contributed by atoms with Crippen molar-refractivity contribution in [2.24, 2.45) is 0 Å². The average molecular weight is 707 g/mol. The molecular formula is CdGeInOPbSnZn. The van der Waals surface area contributed by atoms with E-state index in [0.29, 0.717) is 0 Å². The van der Waals surface area contributed by atoms with Crippen LogP contribution in [0.2, 0.25) is 0 Å². The number of hydrogen-bond acceptors (Lipinski definition) is 1. The van der Waals surface area contributed by atoms with Crippen LogP contribution in [0.3, 0.4) is 0 Å². The molecule has 0 aliphatic rings. The molecule has 0 aromatic heterocycles. The monoisotopic (exact) mass is 711 g/mol. The molecule has 25 valence electrons. The normalized spacial score (nSPS) is 0.571. The van der Waals surface area contributed by atoms with Crippen molar-refractivity contribution in [2.45, 2.75) is 0 Å². The van der Waals surface area contributed by atoms with Crippen LogP contribution >= 0.6 is 0 Å². The molecule has 0 heterocycles. The fraction of sp³-hybridized carbons (Fsp3) is 0. The molecule has 0 bridgehead atoms. The molecule has 0 aliphatic heterocycles. The van der Waals surface area contributed by atoms with Crippen molar-refractivity contribution in [1.29, 1.82) is 0 Å².